The third-order valence-electron chi connectivity index (χ3n) is 9.01. The van der Waals surface area contributed by atoms with Crippen LogP contribution in [0, 0.1) is 13.8 Å². The van der Waals surface area contributed by atoms with E-state index >= 15 is 0 Å². The number of carbonyl (C=O) groups is 3. The molecule has 1 saturated heterocycles. The van der Waals surface area contributed by atoms with Gasteiger partial charge in [-0.3, -0.25) is 19.3 Å². The molecule has 3 aromatic carbocycles. The van der Waals surface area contributed by atoms with Crippen molar-refractivity contribution in [3.05, 3.63) is 89.0 Å². The summed E-state index contributed by atoms with van der Waals surface area (Å²) in [6, 6.07) is 21.9. The first-order chi connectivity index (χ1) is 22.3. The second kappa shape index (κ2) is 12.2. The highest BCUT2D eigenvalue weighted by atomic mass is 32.2. The van der Waals surface area contributed by atoms with Gasteiger partial charge in [0.05, 0.1) is 22.4 Å². The highest BCUT2D eigenvalue weighted by molar-refractivity contribution is 8.00. The molecule has 10 nitrogen and oxygen atoms in total. The lowest BCUT2D eigenvalue weighted by molar-refractivity contribution is -0.137. The van der Waals surface area contributed by atoms with E-state index in [2.05, 4.69) is 13.0 Å². The van der Waals surface area contributed by atoms with Crippen LogP contribution in [0.1, 0.15) is 34.4 Å². The summed E-state index contributed by atoms with van der Waals surface area (Å²) in [4.78, 5) is 45.1. The number of thioether (sulfide) groups is 1. The molecule has 11 heteroatoms. The molecule has 0 N–H and O–H groups in total. The number of fused-ring (bicyclic) bond motifs is 2. The average molecular weight is 638 g/mol. The van der Waals surface area contributed by atoms with Crippen molar-refractivity contribution in [1.82, 2.24) is 19.6 Å². The normalized spacial score (nSPS) is 17.6. The number of benzene rings is 3. The Morgan fingerprint density at radius 3 is 2.41 bits per heavy atom. The molecule has 7 rings (SSSR count). The fourth-order valence-electron chi connectivity index (χ4n) is 6.31. The van der Waals surface area contributed by atoms with Gasteiger partial charge >= 0.3 is 0 Å². The number of aryl methyl sites for hydroxylation is 1. The van der Waals surface area contributed by atoms with E-state index in [9.17, 15) is 14.4 Å². The first-order valence-corrected chi connectivity index (χ1v) is 16.4. The predicted molar refractivity (Wildman–Crippen MR) is 177 cm³/mol. The zero-order chi connectivity index (χ0) is 31.9. The molecule has 4 aromatic rings. The molecule has 3 aliphatic heterocycles. The molecule has 1 aromatic heterocycles. The first kappa shape index (κ1) is 29.9. The van der Waals surface area contributed by atoms with Crippen LogP contribution < -0.4 is 14.4 Å². The number of ether oxygens (including phenoxy) is 2. The molecule has 0 unspecified atom stereocenters. The molecular weight excluding hydrogens is 602 g/mol. The number of hydrogen-bond donors (Lipinski definition) is 0. The van der Waals surface area contributed by atoms with E-state index in [0.717, 1.165) is 39.2 Å². The molecule has 0 aliphatic carbocycles. The Morgan fingerprint density at radius 2 is 1.65 bits per heavy atom. The molecule has 236 valence electrons. The van der Waals surface area contributed by atoms with Crippen molar-refractivity contribution in [1.29, 1.82) is 0 Å². The van der Waals surface area contributed by atoms with Gasteiger partial charge in [0.15, 0.2) is 11.5 Å². The minimum absolute atomic E-state index is 0.00288. The van der Waals surface area contributed by atoms with Gasteiger partial charge in [0.1, 0.15) is 12.4 Å². The van der Waals surface area contributed by atoms with E-state index in [4.69, 9.17) is 14.6 Å². The molecule has 0 saturated carbocycles. The van der Waals surface area contributed by atoms with Crippen LogP contribution in [0.25, 0.3) is 16.9 Å². The molecule has 0 spiro atoms. The molecule has 3 aliphatic rings. The molecule has 1 fully saturated rings. The largest absolute Gasteiger partial charge is 0.454 e. The van der Waals surface area contributed by atoms with Crippen LogP contribution in [0.4, 0.5) is 5.82 Å². The summed E-state index contributed by atoms with van der Waals surface area (Å²) in [6.45, 7) is 7.47. The van der Waals surface area contributed by atoms with Crippen LogP contribution in [-0.2, 0) is 14.4 Å². The molecule has 1 atom stereocenters. The maximum atomic E-state index is 14.2. The summed E-state index contributed by atoms with van der Waals surface area (Å²) in [5.74, 6) is 1.76. The fourth-order valence-corrected chi connectivity index (χ4v) is 7.49. The summed E-state index contributed by atoms with van der Waals surface area (Å²) < 4.78 is 13.2. The zero-order valence-corrected chi connectivity index (χ0v) is 26.9. The van der Waals surface area contributed by atoms with Crippen LogP contribution in [0.3, 0.4) is 0 Å². The standard InChI is InChI=1S/C35H35N5O5S/c1-22-8-7-11-27(23(22)2)40-35-32(33(36-40)25-9-5-4-6-10-25)34(26-12-13-28-29(18-26)45-21-44-28)46-20-31(43)39(35)19-30(42)38-16-14-37(15-17-38)24(3)41/h4-13,18,34H,14-17,19-21H2,1-3H3/t34-/m0/s1. The van der Waals surface area contributed by atoms with Gasteiger partial charge in [-0.05, 0) is 48.7 Å². The number of rotatable bonds is 5. The molecule has 0 bridgehead atoms. The SMILES string of the molecule is CC(=O)N1CCN(C(=O)CN2C(=O)CS[C@@H](c3ccc4c(c3)OCO4)c3c(-c4ccccc4)nn(-c4cccc(C)c4C)c32)CC1. The van der Waals surface area contributed by atoms with Gasteiger partial charge in [0.2, 0.25) is 24.5 Å². The van der Waals surface area contributed by atoms with Crippen LogP contribution in [0.5, 0.6) is 11.5 Å². The molecular formula is C35H35N5O5S. The van der Waals surface area contributed by atoms with Gasteiger partial charge < -0.3 is 19.3 Å². The third kappa shape index (κ3) is 5.38. The molecule has 46 heavy (non-hydrogen) atoms. The van der Waals surface area contributed by atoms with E-state index in [1.807, 2.05) is 72.3 Å². The average Bonchev–Trinajstić information content (AvgIpc) is 3.67. The maximum Gasteiger partial charge on any atom is 0.242 e. The lowest BCUT2D eigenvalue weighted by Gasteiger charge is -2.35. The monoisotopic (exact) mass is 637 g/mol. The van der Waals surface area contributed by atoms with E-state index in [0.29, 0.717) is 43.5 Å². The number of amides is 3. The number of hydrogen-bond acceptors (Lipinski definition) is 7. The Hall–Kier alpha value is -4.77. The first-order valence-electron chi connectivity index (χ1n) is 15.4. The summed E-state index contributed by atoms with van der Waals surface area (Å²) in [6.07, 6.45) is 0. The Kier molecular flexibility index (Phi) is 7.94. The molecule has 0 radical (unpaired) electrons. The van der Waals surface area contributed by atoms with Crippen molar-refractivity contribution >= 4 is 35.3 Å². The maximum absolute atomic E-state index is 14.2. The van der Waals surface area contributed by atoms with Crippen LogP contribution in [0.2, 0.25) is 0 Å². The molecule has 3 amide bonds. The van der Waals surface area contributed by atoms with Gasteiger partial charge in [-0.1, -0.05) is 48.5 Å². The van der Waals surface area contributed by atoms with Crippen molar-refractivity contribution < 1.29 is 23.9 Å². The minimum Gasteiger partial charge on any atom is -0.454 e. The van der Waals surface area contributed by atoms with Gasteiger partial charge in [-0.2, -0.15) is 5.10 Å². The zero-order valence-electron chi connectivity index (χ0n) is 26.1. The van der Waals surface area contributed by atoms with Gasteiger partial charge in [-0.15, -0.1) is 11.8 Å². The van der Waals surface area contributed by atoms with E-state index in [1.165, 1.54) is 11.8 Å². The number of anilines is 1. The number of aromatic nitrogens is 2. The van der Waals surface area contributed by atoms with Gasteiger partial charge in [-0.25, -0.2) is 4.68 Å². The number of nitrogens with zero attached hydrogens (tertiary/aromatic N) is 5. The van der Waals surface area contributed by atoms with Crippen LogP contribution in [-0.4, -0.2) is 82.6 Å². The van der Waals surface area contributed by atoms with Crippen LogP contribution in [0.15, 0.2) is 66.7 Å². The second-order valence-corrected chi connectivity index (χ2v) is 12.8. The lowest BCUT2D eigenvalue weighted by Crippen LogP contribution is -2.53. The fraction of sp³-hybridized carbons (Fsp3) is 0.314. The van der Waals surface area contributed by atoms with Crippen molar-refractivity contribution in [2.45, 2.75) is 26.0 Å². The Bertz CT molecular complexity index is 1830. The van der Waals surface area contributed by atoms with Crippen molar-refractivity contribution in [3.8, 4) is 28.4 Å². The predicted octanol–water partition coefficient (Wildman–Crippen LogP) is 4.74. The second-order valence-electron chi connectivity index (χ2n) is 11.8. The Morgan fingerprint density at radius 1 is 0.913 bits per heavy atom. The number of carbonyl (C=O) groups excluding carboxylic acids is 3. The van der Waals surface area contributed by atoms with E-state index < -0.39 is 0 Å². The highest BCUT2D eigenvalue weighted by Crippen LogP contribution is 2.50. The summed E-state index contributed by atoms with van der Waals surface area (Å²) in [5.41, 5.74) is 6.43. The van der Waals surface area contributed by atoms with Gasteiger partial charge in [0.25, 0.3) is 0 Å². The quantitative estimate of drug-likeness (QED) is 0.312. The number of piperazine rings is 1. The van der Waals surface area contributed by atoms with Crippen molar-refractivity contribution in [2.24, 2.45) is 0 Å². The molecule has 4 heterocycles. The van der Waals surface area contributed by atoms with E-state index in [-0.39, 0.29) is 42.1 Å². The van der Waals surface area contributed by atoms with E-state index in [1.54, 1.807) is 21.6 Å². The minimum atomic E-state index is -0.290. The topological polar surface area (TPSA) is 97.2 Å². The van der Waals surface area contributed by atoms with Crippen LogP contribution >= 0.6 is 11.8 Å². The van der Waals surface area contributed by atoms with Crippen molar-refractivity contribution in [3.63, 3.8) is 0 Å². The summed E-state index contributed by atoms with van der Waals surface area (Å²) >= 11 is 1.52. The highest BCUT2D eigenvalue weighted by Gasteiger charge is 2.39. The smallest absolute Gasteiger partial charge is 0.242 e. The summed E-state index contributed by atoms with van der Waals surface area (Å²) in [5, 5.41) is 4.95. The van der Waals surface area contributed by atoms with Crippen molar-refractivity contribution in [2.75, 3.05) is 50.2 Å². The Balaban J connectivity index is 1.41. The summed E-state index contributed by atoms with van der Waals surface area (Å²) in [7, 11) is 0. The Labute approximate surface area is 271 Å². The van der Waals surface area contributed by atoms with Gasteiger partial charge in [0, 0.05) is 44.2 Å². The third-order valence-corrected chi connectivity index (χ3v) is 10.3. The lowest BCUT2D eigenvalue weighted by atomic mass is 9.99.